The molecule has 3 fully saturated rings. The van der Waals surface area contributed by atoms with Gasteiger partial charge in [-0.3, -0.25) is 19.2 Å². The van der Waals surface area contributed by atoms with Crippen molar-refractivity contribution in [1.29, 1.82) is 0 Å². The van der Waals surface area contributed by atoms with Crippen molar-refractivity contribution < 1.29 is 62.2 Å². The first-order valence-electron chi connectivity index (χ1n) is 26.0. The number of carbonyl (C=O) groups is 5. The smallest absolute Gasteiger partial charge is 0.329 e. The second-order valence-corrected chi connectivity index (χ2v) is 20.4. The number of aliphatic hydroxyl groups is 1. The average molecular weight is 1220 g/mol. The third-order valence-corrected chi connectivity index (χ3v) is 15.2. The minimum atomic E-state index is -2.41. The summed E-state index contributed by atoms with van der Waals surface area (Å²) in [5, 5.41) is 12.0. The number of amides is 1. The topological polar surface area (TPSA) is 173 Å². The van der Waals surface area contributed by atoms with Gasteiger partial charge in [0, 0.05) is 109 Å². The van der Waals surface area contributed by atoms with Crippen LogP contribution in [0.2, 0.25) is 0 Å². The minimum absolute atomic E-state index is 0.00992. The van der Waals surface area contributed by atoms with Crippen molar-refractivity contribution in [3.8, 4) is 0 Å². The molecule has 1 amide bonds. The van der Waals surface area contributed by atoms with Gasteiger partial charge in [-0.1, -0.05) is 71.1 Å². The second-order valence-electron chi connectivity index (χ2n) is 20.4. The molecule has 0 aromatic rings. The van der Waals surface area contributed by atoms with Crippen LogP contribution in [0.4, 0.5) is 0 Å². The van der Waals surface area contributed by atoms with Gasteiger partial charge in [0.1, 0.15) is 30.1 Å². The normalized spacial score (nSPS) is 37.8. The van der Waals surface area contributed by atoms with E-state index in [0.717, 1.165) is 24.8 Å². The zero-order valence-electron chi connectivity index (χ0n) is 44.7. The molecule has 16 heteroatoms. The molecular weight excluding hydrogens is 1140 g/mol. The number of allylic oxidation sites excluding steroid dienone is 6. The lowest BCUT2D eigenvalue weighted by Gasteiger charge is -2.42. The van der Waals surface area contributed by atoms with Crippen molar-refractivity contribution in [3.63, 3.8) is 0 Å². The van der Waals surface area contributed by atoms with Crippen LogP contribution in [0.3, 0.4) is 0 Å². The Morgan fingerprint density at radius 3 is 2.15 bits per heavy atom. The number of esters is 1. The van der Waals surface area contributed by atoms with Crippen molar-refractivity contribution in [2.45, 2.75) is 194 Å². The number of ether oxygens (including phenoxy) is 7. The molecule has 0 spiro atoms. The van der Waals surface area contributed by atoms with Crippen LogP contribution >= 0.6 is 37.2 Å². The molecule has 0 aromatic carbocycles. The van der Waals surface area contributed by atoms with E-state index in [1.807, 2.05) is 78.0 Å². The van der Waals surface area contributed by atoms with Gasteiger partial charge in [0.25, 0.3) is 11.7 Å². The van der Waals surface area contributed by atoms with Gasteiger partial charge in [0.15, 0.2) is 5.78 Å². The summed E-state index contributed by atoms with van der Waals surface area (Å²) < 4.78 is 42.3. The van der Waals surface area contributed by atoms with Crippen LogP contribution in [0.15, 0.2) is 47.6 Å². The van der Waals surface area contributed by atoms with Crippen LogP contribution < -0.4 is 0 Å². The summed E-state index contributed by atoms with van der Waals surface area (Å²) in [6.45, 7) is 18.0. The van der Waals surface area contributed by atoms with Crippen molar-refractivity contribution in [2.24, 2.45) is 35.5 Å². The molecule has 404 valence electrons. The van der Waals surface area contributed by atoms with Gasteiger partial charge in [-0.05, 0) is 121 Å². The van der Waals surface area contributed by atoms with E-state index in [2.05, 4.69) is 44.2 Å². The molecule has 2 bridgehead atoms. The molecule has 0 radical (unpaired) electrons. The maximum atomic E-state index is 14.5. The second kappa shape index (κ2) is 31.9. The first-order chi connectivity index (χ1) is 33.8. The van der Waals surface area contributed by atoms with Crippen molar-refractivity contribution in [2.75, 3.05) is 41.1 Å². The van der Waals surface area contributed by atoms with Crippen molar-refractivity contribution in [1.82, 2.24) is 4.90 Å². The number of halogens is 2. The molecule has 15 atom stereocenters. The Morgan fingerprint density at radius 1 is 0.803 bits per heavy atom. The Kier molecular flexibility index (Phi) is 28.4. The van der Waals surface area contributed by atoms with E-state index >= 15 is 0 Å². The summed E-state index contributed by atoms with van der Waals surface area (Å²) in [4.78, 5) is 72.9. The molecule has 2 saturated heterocycles. The Morgan fingerprint density at radius 2 is 1.51 bits per heavy atom. The maximum Gasteiger partial charge on any atom is 0.329 e. The highest BCUT2D eigenvalue weighted by atomic mass is 128. The third kappa shape index (κ3) is 18.1. The molecule has 4 rings (SSSR count). The molecule has 3 aliphatic heterocycles. The quantitative estimate of drug-likeness (QED) is 0.0949. The molecule has 4 aliphatic rings. The van der Waals surface area contributed by atoms with E-state index in [4.69, 9.17) is 33.2 Å². The Balaban J connectivity index is 0.00000657. The number of hydrogen-bond acceptors (Lipinski definition) is 13. The summed E-state index contributed by atoms with van der Waals surface area (Å²) in [6.07, 6.45) is 14.2. The number of nitrogens with zero attached hydrogens (tertiary/aromatic N) is 1. The van der Waals surface area contributed by atoms with E-state index in [1.165, 1.54) is 12.0 Å². The van der Waals surface area contributed by atoms with E-state index in [1.54, 1.807) is 28.1 Å². The van der Waals surface area contributed by atoms with Crippen molar-refractivity contribution in [3.05, 3.63) is 47.6 Å². The molecule has 3 heterocycles. The first kappa shape index (κ1) is 63.4. The monoisotopic (exact) mass is 1220 g/mol. The number of carbonyl (C=O) groups excluding carboxylic acids is 5. The summed E-state index contributed by atoms with van der Waals surface area (Å²) >= 11 is 4.24. The van der Waals surface area contributed by atoms with E-state index < -0.39 is 71.8 Å². The van der Waals surface area contributed by atoms with Crippen LogP contribution in [-0.2, 0) is 57.1 Å². The number of Topliss-reactive ketones (excluding diaryl/α,β-unsaturated/α-hetero) is 3. The van der Waals surface area contributed by atoms with Gasteiger partial charge >= 0.3 is 5.97 Å². The fourth-order valence-electron chi connectivity index (χ4n) is 10.9. The van der Waals surface area contributed by atoms with Crippen molar-refractivity contribution >= 4 is 66.5 Å². The largest absolute Gasteiger partial charge is 0.460 e. The van der Waals surface area contributed by atoms with E-state index in [-0.39, 0.29) is 66.8 Å². The fourth-order valence-corrected chi connectivity index (χ4v) is 10.9. The predicted molar refractivity (Wildman–Crippen MR) is 292 cm³/mol. The summed E-state index contributed by atoms with van der Waals surface area (Å²) in [7, 11) is 4.79. The number of cyclic esters (lactones) is 1. The van der Waals surface area contributed by atoms with Gasteiger partial charge < -0.3 is 43.2 Å². The summed E-state index contributed by atoms with van der Waals surface area (Å²) in [5.41, 5.74) is 1.58. The zero-order valence-corrected chi connectivity index (χ0v) is 49.0. The average Bonchev–Trinajstić information content (AvgIpc) is 3.36. The van der Waals surface area contributed by atoms with Gasteiger partial charge in [-0.2, -0.15) is 0 Å². The Labute approximate surface area is 448 Å². The van der Waals surface area contributed by atoms with Gasteiger partial charge in [-0.25, -0.2) is 4.79 Å². The Hall–Kier alpha value is -1.91. The van der Waals surface area contributed by atoms with Gasteiger partial charge in [0.05, 0.1) is 24.4 Å². The first-order valence-corrected chi connectivity index (χ1v) is 32.3. The number of ketones is 3. The van der Waals surface area contributed by atoms with Crippen LogP contribution in [0.5, 0.6) is 0 Å². The molecular formula is C55H87I2NO13. The summed E-state index contributed by atoms with van der Waals surface area (Å²) in [5.74, 6) is -7.18. The lowest BCUT2D eigenvalue weighted by atomic mass is 9.78. The molecule has 71 heavy (non-hydrogen) atoms. The lowest BCUT2D eigenvalue weighted by molar-refractivity contribution is -0.265. The van der Waals surface area contributed by atoms with Crippen LogP contribution in [0.1, 0.15) is 139 Å². The zero-order chi connectivity index (χ0) is 53.0. The summed E-state index contributed by atoms with van der Waals surface area (Å²) in [6, 6.07) is -1.11. The molecule has 12 unspecified atom stereocenters. The number of hydrogen-bond donors (Lipinski definition) is 1. The minimum Gasteiger partial charge on any atom is -0.460 e. The fraction of sp³-hybridized carbons (Fsp3) is 0.764. The van der Waals surface area contributed by atoms with Gasteiger partial charge in [-0.15, -0.1) is 0 Å². The Bertz CT molecular complexity index is 1840. The molecule has 14 nitrogen and oxygen atoms in total. The maximum absolute atomic E-state index is 14.5. The highest BCUT2D eigenvalue weighted by Gasteiger charge is 2.53. The van der Waals surface area contributed by atoms with Crippen LogP contribution in [0, 0.1) is 35.5 Å². The van der Waals surface area contributed by atoms with E-state index in [0.29, 0.717) is 63.7 Å². The van der Waals surface area contributed by atoms with Gasteiger partial charge in [0.2, 0.25) is 5.79 Å². The molecule has 1 saturated carbocycles. The standard InChI is InChI=1S/C55H87NO13.I2/c1-13-66-45-26-24-41(31-48(45)64-11)30-37(6)47-33-44(57)36(5)29-39(8)50(67-14-2)51(65-12)49(58)38(7)28-34(3)20-16-15-17-21-35(4)46(63-10)32-42-25-23-40(9)55(62,69-42)52(59)53(60)56-27-19-18-22-43(56)54(61)68-47;1-2/h15-17,20-21,29,34,36-38,40-43,45-48,50-51,62H,13-14,18-19,22-28,30-33H2,1-12H3;/b17-15+,20-16+,35-21+,39-29+;/t34?,36?,37?,38-,40-,41?,42?,43+,45?,46?,47?,48?,50?,51?,55?;/m1./s1. The lowest BCUT2D eigenvalue weighted by Crippen LogP contribution is -2.61. The number of rotatable bonds is 10. The number of fused-ring (bicyclic) bond motifs is 3. The number of piperidine rings is 1. The van der Waals surface area contributed by atoms with E-state index in [9.17, 15) is 29.1 Å². The highest BCUT2D eigenvalue weighted by molar-refractivity contribution is 15.0. The molecule has 0 aromatic heterocycles. The predicted octanol–water partition coefficient (Wildman–Crippen LogP) is 10.0. The molecule has 1 N–H and O–H groups in total. The number of methoxy groups -OCH3 is 3. The van der Waals surface area contributed by atoms with Crippen LogP contribution in [0.25, 0.3) is 0 Å². The SMILES string of the molecule is CCOC1CCC(CC(C)C2CC(=O)C(C)/C=C(\C)C(OCC)C(OC)C(=O)[C@H](C)CC(C)/C=C/C=C/C=C(\C)C(OC)CC3CC[C@@H](C)C(O)(O3)C(=O)C(=O)N3CCCC[C@H]3C(=O)O2)CC1OC.II. The highest BCUT2D eigenvalue weighted by Crippen LogP contribution is 2.38. The third-order valence-electron chi connectivity index (χ3n) is 15.2. The molecule has 1 aliphatic carbocycles. The van der Waals surface area contributed by atoms with Crippen LogP contribution in [-0.4, -0.2) is 135 Å².